The van der Waals surface area contributed by atoms with Gasteiger partial charge in [-0.25, -0.2) is 9.37 Å². The van der Waals surface area contributed by atoms with Gasteiger partial charge in [0.15, 0.2) is 0 Å². The van der Waals surface area contributed by atoms with Gasteiger partial charge in [0.05, 0.1) is 17.6 Å². The van der Waals surface area contributed by atoms with Crippen LogP contribution in [0.25, 0.3) is 22.7 Å². The van der Waals surface area contributed by atoms with Crippen molar-refractivity contribution in [2.24, 2.45) is 5.92 Å². The van der Waals surface area contributed by atoms with Gasteiger partial charge in [0.25, 0.3) is 0 Å². The zero-order valence-corrected chi connectivity index (χ0v) is 23.0. The van der Waals surface area contributed by atoms with Crippen LogP contribution in [0.2, 0.25) is 0 Å². The number of nitrogens with one attached hydrogen (secondary N) is 1. The summed E-state index contributed by atoms with van der Waals surface area (Å²) in [7, 11) is -2.48. The molecular formula is C30H33FN4O4S. The lowest BCUT2D eigenvalue weighted by atomic mass is 9.76. The molecule has 0 spiro atoms. The number of halogens is 1. The number of nitriles is 1. The fourth-order valence-electron chi connectivity index (χ4n) is 5.83. The number of oxazole rings is 1. The topological polar surface area (TPSA) is 123 Å². The number of aromatic nitrogens is 1. The second-order valence-corrected chi connectivity index (χ2v) is 13.6. The summed E-state index contributed by atoms with van der Waals surface area (Å²) >= 11 is 0. The van der Waals surface area contributed by atoms with Crippen molar-refractivity contribution in [3.63, 3.8) is 0 Å². The second-order valence-electron chi connectivity index (χ2n) is 11.2. The molecule has 1 amide bonds. The smallest absolute Gasteiger partial charge is 0.226 e. The monoisotopic (exact) mass is 564 g/mol. The van der Waals surface area contributed by atoms with E-state index in [0.29, 0.717) is 66.8 Å². The molecule has 1 saturated heterocycles. The maximum Gasteiger partial charge on any atom is 0.226 e. The summed E-state index contributed by atoms with van der Waals surface area (Å²) in [5.74, 6) is 0.552. The number of benzene rings is 2. The molecule has 210 valence electrons. The Morgan fingerprint density at radius 2 is 1.82 bits per heavy atom. The molecule has 10 heteroatoms. The Balaban J connectivity index is 1.34. The minimum atomic E-state index is -2.48. The highest BCUT2D eigenvalue weighted by Crippen LogP contribution is 2.45. The number of carbonyl (C=O) groups is 1. The molecule has 3 fully saturated rings. The number of rotatable bonds is 6. The molecule has 0 unspecified atom stereocenters. The van der Waals surface area contributed by atoms with E-state index in [-0.39, 0.29) is 23.6 Å². The zero-order valence-electron chi connectivity index (χ0n) is 22.2. The molecule has 2 atom stereocenters. The minimum absolute atomic E-state index is 0.121. The van der Waals surface area contributed by atoms with Crippen LogP contribution in [0.15, 0.2) is 52.9 Å². The van der Waals surface area contributed by atoms with Crippen LogP contribution in [0.5, 0.6) is 0 Å². The summed E-state index contributed by atoms with van der Waals surface area (Å²) in [5, 5.41) is 12.5. The Bertz CT molecular complexity index is 1440. The molecule has 1 aromatic heterocycles. The Morgan fingerprint density at radius 3 is 2.50 bits per heavy atom. The number of nitrogens with zero attached hydrogens (tertiary/aromatic N) is 3. The van der Waals surface area contributed by atoms with E-state index in [1.807, 2.05) is 24.3 Å². The zero-order chi connectivity index (χ0) is 27.9. The van der Waals surface area contributed by atoms with Gasteiger partial charge in [-0.2, -0.15) is 15.9 Å². The van der Waals surface area contributed by atoms with Gasteiger partial charge in [0, 0.05) is 41.7 Å². The molecule has 6 rings (SSSR count). The lowest BCUT2D eigenvalue weighted by molar-refractivity contribution is -0.127. The molecule has 1 aliphatic heterocycles. The molecule has 8 nitrogen and oxygen atoms in total. The average molecular weight is 565 g/mol. The van der Waals surface area contributed by atoms with Crippen LogP contribution in [-0.4, -0.2) is 50.1 Å². The maximum absolute atomic E-state index is 14.1. The van der Waals surface area contributed by atoms with Gasteiger partial charge in [-0.1, -0.05) is 31.0 Å². The summed E-state index contributed by atoms with van der Waals surface area (Å²) < 4.78 is 40.4. The van der Waals surface area contributed by atoms with Crippen LogP contribution < -0.4 is 10.2 Å². The van der Waals surface area contributed by atoms with Crippen molar-refractivity contribution in [3.8, 4) is 28.8 Å². The third-order valence-corrected chi connectivity index (χ3v) is 10.0. The lowest BCUT2D eigenvalue weighted by Gasteiger charge is -2.41. The Kier molecular flexibility index (Phi) is 7.07. The van der Waals surface area contributed by atoms with E-state index in [1.165, 1.54) is 12.1 Å². The molecule has 0 radical (unpaired) electrons. The van der Waals surface area contributed by atoms with E-state index in [0.717, 1.165) is 30.5 Å². The van der Waals surface area contributed by atoms with E-state index < -0.39 is 16.1 Å². The molecule has 0 bridgehead atoms. The first-order chi connectivity index (χ1) is 19.3. The molecule has 3 aliphatic rings. The lowest BCUT2D eigenvalue weighted by Crippen LogP contribution is -2.42. The largest absolute Gasteiger partial charge is 0.440 e. The number of hydrogen-bond donors (Lipinski definition) is 3. The predicted molar refractivity (Wildman–Crippen MR) is 153 cm³/mol. The van der Waals surface area contributed by atoms with Gasteiger partial charge in [0.1, 0.15) is 22.8 Å². The highest BCUT2D eigenvalue weighted by atomic mass is 32.3. The molecule has 40 heavy (non-hydrogen) atoms. The van der Waals surface area contributed by atoms with Gasteiger partial charge < -0.3 is 14.6 Å². The maximum atomic E-state index is 14.1. The second kappa shape index (κ2) is 10.5. The SMILES string of the molecule is N#CC1(NC(=O)[C@@H]2CCCC[C@H]2c2oc(-c3cccc(F)c3)nc2-c2ccc(N3CCS(O)(O)CC3)cc2)CC1. The quantitative estimate of drug-likeness (QED) is 0.327. The number of anilines is 1. The molecular weight excluding hydrogens is 531 g/mol. The van der Waals surface area contributed by atoms with Crippen molar-refractivity contribution in [2.75, 3.05) is 29.5 Å². The van der Waals surface area contributed by atoms with Gasteiger partial charge in [-0.05, 0) is 56.0 Å². The van der Waals surface area contributed by atoms with Gasteiger partial charge >= 0.3 is 0 Å². The van der Waals surface area contributed by atoms with Crippen LogP contribution in [0, 0.1) is 23.1 Å². The molecule has 2 aromatic carbocycles. The normalized spacial score (nSPS) is 24.1. The van der Waals surface area contributed by atoms with Crippen LogP contribution in [0.1, 0.15) is 50.2 Å². The number of carbonyl (C=O) groups excluding carboxylic acids is 1. The Hall–Kier alpha value is -3.39. The van der Waals surface area contributed by atoms with Crippen molar-refractivity contribution in [3.05, 3.63) is 60.1 Å². The third kappa shape index (κ3) is 5.46. The first-order valence-corrected chi connectivity index (χ1v) is 15.7. The summed E-state index contributed by atoms with van der Waals surface area (Å²) in [4.78, 5) is 20.4. The first kappa shape index (κ1) is 26.8. The predicted octanol–water partition coefficient (Wildman–Crippen LogP) is 6.16. The van der Waals surface area contributed by atoms with Crippen LogP contribution in [0.3, 0.4) is 0 Å². The van der Waals surface area contributed by atoms with Crippen molar-refractivity contribution < 1.29 is 22.7 Å². The average Bonchev–Trinajstić information content (AvgIpc) is 3.59. The van der Waals surface area contributed by atoms with E-state index in [9.17, 15) is 23.6 Å². The van der Waals surface area contributed by atoms with E-state index in [1.54, 1.807) is 12.1 Å². The molecule has 3 aromatic rings. The number of amides is 1. The highest BCUT2D eigenvalue weighted by Gasteiger charge is 2.47. The van der Waals surface area contributed by atoms with Crippen molar-refractivity contribution in [2.45, 2.75) is 50.0 Å². The van der Waals surface area contributed by atoms with E-state index in [2.05, 4.69) is 16.3 Å². The molecule has 2 heterocycles. The van der Waals surface area contributed by atoms with Gasteiger partial charge in [-0.3, -0.25) is 13.9 Å². The molecule has 2 saturated carbocycles. The van der Waals surface area contributed by atoms with Crippen LogP contribution >= 0.6 is 10.6 Å². The number of hydrogen-bond acceptors (Lipinski definition) is 7. The Morgan fingerprint density at radius 1 is 1.10 bits per heavy atom. The minimum Gasteiger partial charge on any atom is -0.440 e. The third-order valence-electron chi connectivity index (χ3n) is 8.37. The fraction of sp³-hybridized carbons (Fsp3) is 0.433. The van der Waals surface area contributed by atoms with Crippen LogP contribution in [-0.2, 0) is 4.79 Å². The van der Waals surface area contributed by atoms with Crippen molar-refractivity contribution in [1.29, 1.82) is 5.26 Å². The summed E-state index contributed by atoms with van der Waals surface area (Å²) in [5.41, 5.74) is 2.22. The highest BCUT2D eigenvalue weighted by molar-refractivity contribution is 8.24. The van der Waals surface area contributed by atoms with E-state index >= 15 is 0 Å². The first-order valence-electron chi connectivity index (χ1n) is 13.8. The van der Waals surface area contributed by atoms with E-state index in [4.69, 9.17) is 9.40 Å². The molecule has 3 N–H and O–H groups in total. The van der Waals surface area contributed by atoms with Crippen molar-refractivity contribution >= 4 is 22.2 Å². The molecule has 2 aliphatic carbocycles. The Labute approximate surface area is 234 Å². The summed E-state index contributed by atoms with van der Waals surface area (Å²) in [6.45, 7) is 1.15. The standard InChI is InChI=1S/C30H33FN4O4S/c31-22-5-3-4-21(18-22)29-33-26(20-8-10-23(11-9-20)35-14-16-40(37,38)17-15-35)27(39-29)24-6-1-2-7-25(24)28(36)34-30(19-32)12-13-30/h3-5,8-11,18,24-25,37-38H,1-2,6-7,12-17H2,(H,34,36)/t24-,25-/m1/s1. The van der Waals surface area contributed by atoms with Gasteiger partial charge in [-0.15, -0.1) is 0 Å². The summed E-state index contributed by atoms with van der Waals surface area (Å²) in [6, 6.07) is 16.3. The van der Waals surface area contributed by atoms with Crippen LogP contribution in [0.4, 0.5) is 10.1 Å². The van der Waals surface area contributed by atoms with Gasteiger partial charge in [0.2, 0.25) is 11.8 Å². The summed E-state index contributed by atoms with van der Waals surface area (Å²) in [6.07, 6.45) is 4.66. The van der Waals surface area contributed by atoms with Crippen molar-refractivity contribution in [1.82, 2.24) is 10.3 Å². The fourth-order valence-corrected chi connectivity index (χ4v) is 7.06.